The fraction of sp³-hybridized carbons (Fsp3) is 0.947. The van der Waals surface area contributed by atoms with Crippen molar-refractivity contribution in [1.29, 1.82) is 0 Å². The number of hydrogen-bond acceptors (Lipinski definition) is 4. The number of hydrogen-bond donors (Lipinski definition) is 1. The molecular weight excluding hydrogens is 414 g/mol. The van der Waals surface area contributed by atoms with Crippen molar-refractivity contribution in [2.24, 2.45) is 5.92 Å². The summed E-state index contributed by atoms with van der Waals surface area (Å²) in [7, 11) is 0. The van der Waals surface area contributed by atoms with Gasteiger partial charge in [-0.2, -0.15) is 17.6 Å². The highest BCUT2D eigenvalue weighted by Crippen LogP contribution is 2.40. The molecule has 10 heteroatoms. The Morgan fingerprint density at radius 2 is 1.55 bits per heavy atom. The Morgan fingerprint density at radius 1 is 1.03 bits per heavy atom. The van der Waals surface area contributed by atoms with Gasteiger partial charge in [-0.15, -0.1) is 0 Å². The normalized spacial score (nSPS) is 16.9. The summed E-state index contributed by atoms with van der Waals surface area (Å²) < 4.78 is 76.8. The average molecular weight is 450 g/mol. The number of esters is 1. The van der Waals surface area contributed by atoms with Crippen molar-refractivity contribution in [3.63, 3.8) is 0 Å². The third-order valence-corrected chi connectivity index (χ3v) is 5.92. The number of carbonyl (C=O) groups is 1. The second-order valence-electron chi connectivity index (χ2n) is 7.23. The highest BCUT2D eigenvalue weighted by atomic mass is 32.2. The molecule has 1 fully saturated rings. The first-order valence-electron chi connectivity index (χ1n) is 10.4. The predicted molar refractivity (Wildman–Crippen MR) is 103 cm³/mol. The van der Waals surface area contributed by atoms with Crippen LogP contribution >= 0.6 is 0 Å². The fourth-order valence-electron chi connectivity index (χ4n) is 3.10. The van der Waals surface area contributed by atoms with E-state index in [0.29, 0.717) is 0 Å². The van der Waals surface area contributed by atoms with Crippen molar-refractivity contribution in [2.75, 3.05) is 26.2 Å². The molecular formula is C19H35F4NO4S. The number of halogens is 4. The van der Waals surface area contributed by atoms with Crippen LogP contribution in [0.4, 0.5) is 17.6 Å². The molecule has 0 bridgehead atoms. The van der Waals surface area contributed by atoms with E-state index >= 15 is 0 Å². The molecule has 1 aliphatic carbocycles. The van der Waals surface area contributed by atoms with E-state index in [1.165, 1.54) is 19.6 Å². The predicted octanol–water partition coefficient (Wildman–Crippen LogP) is 3.32. The maximum absolute atomic E-state index is 13.1. The molecule has 1 aliphatic rings. The summed E-state index contributed by atoms with van der Waals surface area (Å²) in [4.78, 5) is 13.3. The van der Waals surface area contributed by atoms with Gasteiger partial charge < -0.3 is 14.2 Å². The molecule has 0 radical (unpaired) electrons. The van der Waals surface area contributed by atoms with E-state index in [2.05, 4.69) is 20.8 Å². The molecule has 0 aromatic rings. The second kappa shape index (κ2) is 14.3. The van der Waals surface area contributed by atoms with E-state index in [1.54, 1.807) is 4.90 Å². The Bertz CT molecular complexity index is 479. The minimum absolute atomic E-state index is 0.0182. The van der Waals surface area contributed by atoms with Crippen molar-refractivity contribution in [2.45, 2.75) is 83.3 Å². The smallest absolute Gasteiger partial charge is 0.371 e. The minimum atomic E-state index is -5.09. The number of unbranched alkanes of at least 4 members (excludes halogenated alkanes) is 1. The molecule has 29 heavy (non-hydrogen) atoms. The SMILES string of the molecule is CC[NH+](CC)CC.O=C(OCCCCC(F)(F)C(F)(F)S(=O)[O-])C1CCCCC1. The number of ether oxygens (including phenoxy) is 1. The zero-order valence-corrected chi connectivity index (χ0v) is 18.4. The summed E-state index contributed by atoms with van der Waals surface area (Å²) in [6, 6.07) is 0. The van der Waals surface area contributed by atoms with Crippen LogP contribution in [-0.4, -0.2) is 52.1 Å². The summed E-state index contributed by atoms with van der Waals surface area (Å²) in [5.74, 6) is -5.17. The van der Waals surface area contributed by atoms with Gasteiger partial charge in [0.05, 0.1) is 32.2 Å². The molecule has 5 nitrogen and oxygen atoms in total. The van der Waals surface area contributed by atoms with Gasteiger partial charge >= 0.3 is 17.1 Å². The van der Waals surface area contributed by atoms with Gasteiger partial charge in [0.1, 0.15) is 0 Å². The van der Waals surface area contributed by atoms with Crippen molar-refractivity contribution in [3.05, 3.63) is 0 Å². The Morgan fingerprint density at radius 3 is 1.97 bits per heavy atom. The molecule has 0 heterocycles. The Hall–Kier alpha value is -0.740. The monoisotopic (exact) mass is 449 g/mol. The maximum Gasteiger partial charge on any atom is 0.371 e. The standard InChI is InChI=1S/C13H20F4O4S.C6H15N/c14-12(15,13(16,17)22(19)20)8-4-5-9-21-11(18)10-6-2-1-3-7-10;1-4-7(5-2)6-3/h10H,1-9H2,(H,19,20);4-6H2,1-3H3. The zero-order chi connectivity index (χ0) is 22.5. The van der Waals surface area contributed by atoms with E-state index in [9.17, 15) is 31.1 Å². The van der Waals surface area contributed by atoms with Crippen LogP contribution in [0.5, 0.6) is 0 Å². The van der Waals surface area contributed by atoms with Crippen LogP contribution in [0.3, 0.4) is 0 Å². The van der Waals surface area contributed by atoms with Crippen LogP contribution in [0, 0.1) is 5.92 Å². The Labute approximate surface area is 173 Å². The Balaban J connectivity index is 0.000000956. The van der Waals surface area contributed by atoms with Gasteiger partial charge in [0.15, 0.2) is 0 Å². The average Bonchev–Trinajstić information content (AvgIpc) is 2.69. The van der Waals surface area contributed by atoms with E-state index < -0.39 is 28.7 Å². The number of carbonyl (C=O) groups excluding carboxylic acids is 1. The van der Waals surface area contributed by atoms with Gasteiger partial charge in [0, 0.05) is 17.5 Å². The lowest BCUT2D eigenvalue weighted by atomic mass is 9.89. The van der Waals surface area contributed by atoms with Crippen LogP contribution in [-0.2, 0) is 20.6 Å². The van der Waals surface area contributed by atoms with Crippen molar-refractivity contribution >= 4 is 17.0 Å². The van der Waals surface area contributed by atoms with Crippen LogP contribution in [0.2, 0.25) is 0 Å². The highest BCUT2D eigenvalue weighted by molar-refractivity contribution is 7.80. The number of rotatable bonds is 11. The third-order valence-electron chi connectivity index (χ3n) is 5.20. The summed E-state index contributed by atoms with van der Waals surface area (Å²) >= 11 is -4.18. The van der Waals surface area contributed by atoms with Crippen LogP contribution in [0.1, 0.15) is 72.1 Å². The molecule has 174 valence electrons. The minimum Gasteiger partial charge on any atom is -0.768 e. The van der Waals surface area contributed by atoms with E-state index in [1.807, 2.05) is 0 Å². The molecule has 1 rings (SSSR count). The first kappa shape index (κ1) is 28.3. The van der Waals surface area contributed by atoms with Crippen molar-refractivity contribution in [1.82, 2.24) is 0 Å². The van der Waals surface area contributed by atoms with Gasteiger partial charge in [0.2, 0.25) is 0 Å². The molecule has 0 aromatic heterocycles. The summed E-state index contributed by atoms with van der Waals surface area (Å²) in [5, 5.41) is -5.09. The molecule has 0 saturated heterocycles. The molecule has 0 amide bonds. The third kappa shape index (κ3) is 10.2. The van der Waals surface area contributed by atoms with Crippen LogP contribution in [0.15, 0.2) is 0 Å². The maximum atomic E-state index is 13.1. The summed E-state index contributed by atoms with van der Waals surface area (Å²) in [5.41, 5.74) is 0. The summed E-state index contributed by atoms with van der Waals surface area (Å²) in [6.07, 6.45) is 2.81. The zero-order valence-electron chi connectivity index (χ0n) is 17.6. The van der Waals surface area contributed by atoms with Crippen molar-refractivity contribution < 1.29 is 40.8 Å². The van der Waals surface area contributed by atoms with E-state index in [0.717, 1.165) is 32.1 Å². The quantitative estimate of drug-likeness (QED) is 0.227. The molecule has 1 unspecified atom stereocenters. The lowest BCUT2D eigenvalue weighted by Crippen LogP contribution is -3.11. The van der Waals surface area contributed by atoms with E-state index in [4.69, 9.17) is 4.74 Å². The van der Waals surface area contributed by atoms with Gasteiger partial charge in [-0.05, 0) is 46.5 Å². The van der Waals surface area contributed by atoms with Crippen molar-refractivity contribution in [3.8, 4) is 0 Å². The van der Waals surface area contributed by atoms with Gasteiger partial charge in [0.25, 0.3) is 0 Å². The van der Waals surface area contributed by atoms with E-state index in [-0.39, 0.29) is 31.3 Å². The number of nitrogens with one attached hydrogen (secondary N) is 1. The lowest BCUT2D eigenvalue weighted by Gasteiger charge is -2.27. The largest absolute Gasteiger partial charge is 0.768 e. The van der Waals surface area contributed by atoms with Gasteiger partial charge in [-0.3, -0.25) is 9.00 Å². The first-order chi connectivity index (χ1) is 13.5. The number of alkyl halides is 4. The van der Waals surface area contributed by atoms with Crippen LogP contribution in [0.25, 0.3) is 0 Å². The van der Waals surface area contributed by atoms with Crippen LogP contribution < -0.4 is 4.90 Å². The topological polar surface area (TPSA) is 70.9 Å². The lowest BCUT2D eigenvalue weighted by molar-refractivity contribution is -0.894. The molecule has 0 spiro atoms. The van der Waals surface area contributed by atoms with Gasteiger partial charge in [-0.25, -0.2) is 0 Å². The molecule has 0 aromatic carbocycles. The second-order valence-corrected chi connectivity index (χ2v) is 8.21. The molecule has 1 saturated carbocycles. The molecule has 0 aliphatic heterocycles. The Kier molecular flexibility index (Phi) is 13.9. The first-order valence-corrected chi connectivity index (χ1v) is 11.5. The molecule has 1 N–H and O–H groups in total. The van der Waals surface area contributed by atoms with Gasteiger partial charge in [-0.1, -0.05) is 19.3 Å². The summed E-state index contributed by atoms with van der Waals surface area (Å²) in [6.45, 7) is 10.4. The fourth-order valence-corrected chi connectivity index (χ4v) is 3.44. The highest BCUT2D eigenvalue weighted by Gasteiger charge is 2.56. The molecule has 1 atom stereocenters. The number of quaternary nitrogens is 1.